The number of carbonyl (C=O) groups excluding carboxylic acids is 1. The molecule has 0 atom stereocenters. The van der Waals surface area contributed by atoms with Gasteiger partial charge in [0.2, 0.25) is 0 Å². The number of aryl methyl sites for hydroxylation is 1. The van der Waals surface area contributed by atoms with E-state index in [1.165, 1.54) is 5.56 Å². The maximum Gasteiger partial charge on any atom is 0.319 e. The van der Waals surface area contributed by atoms with E-state index < -0.39 is 0 Å². The molecule has 5 heteroatoms. The second kappa shape index (κ2) is 6.79. The first-order valence-electron chi connectivity index (χ1n) is 7.42. The second-order valence-corrected chi connectivity index (χ2v) is 5.26. The Morgan fingerprint density at radius 2 is 2.00 bits per heavy atom. The fourth-order valence-electron chi connectivity index (χ4n) is 2.36. The summed E-state index contributed by atoms with van der Waals surface area (Å²) in [4.78, 5) is 12.1. The zero-order chi connectivity index (χ0) is 16.1. The van der Waals surface area contributed by atoms with Gasteiger partial charge < -0.3 is 10.6 Å². The largest absolute Gasteiger partial charge is 0.334 e. The Kier molecular flexibility index (Phi) is 4.38. The number of amides is 2. The third-order valence-electron chi connectivity index (χ3n) is 3.44. The van der Waals surface area contributed by atoms with Gasteiger partial charge in [0.25, 0.3) is 0 Å². The molecule has 1 aromatic heterocycles. The zero-order valence-electron chi connectivity index (χ0n) is 12.9. The van der Waals surface area contributed by atoms with E-state index >= 15 is 0 Å². The molecule has 2 amide bonds. The van der Waals surface area contributed by atoms with E-state index in [2.05, 4.69) is 21.8 Å². The lowest BCUT2D eigenvalue weighted by atomic mass is 10.1. The van der Waals surface area contributed by atoms with E-state index in [1.54, 1.807) is 10.9 Å². The Labute approximate surface area is 135 Å². The molecule has 5 nitrogen and oxygen atoms in total. The highest BCUT2D eigenvalue weighted by Crippen LogP contribution is 2.18. The van der Waals surface area contributed by atoms with Crippen molar-refractivity contribution in [2.45, 2.75) is 13.5 Å². The number of anilines is 1. The van der Waals surface area contributed by atoms with Crippen molar-refractivity contribution >= 4 is 11.7 Å². The van der Waals surface area contributed by atoms with Gasteiger partial charge in [0, 0.05) is 18.9 Å². The van der Waals surface area contributed by atoms with Crippen molar-refractivity contribution in [3.8, 4) is 5.69 Å². The lowest BCUT2D eigenvalue weighted by Gasteiger charge is -2.12. The molecule has 0 radical (unpaired) electrons. The second-order valence-electron chi connectivity index (χ2n) is 5.26. The molecule has 0 spiro atoms. The van der Waals surface area contributed by atoms with Crippen LogP contribution in [0, 0.1) is 6.92 Å². The van der Waals surface area contributed by atoms with Crippen LogP contribution in [0.4, 0.5) is 10.5 Å². The van der Waals surface area contributed by atoms with Gasteiger partial charge in [0.05, 0.1) is 11.4 Å². The first-order valence-corrected chi connectivity index (χ1v) is 7.42. The van der Waals surface area contributed by atoms with Gasteiger partial charge in [-0.25, -0.2) is 9.48 Å². The van der Waals surface area contributed by atoms with E-state index in [0.717, 1.165) is 11.3 Å². The number of para-hydroxylation sites is 2. The molecule has 0 bridgehead atoms. The fraction of sp³-hybridized carbons (Fsp3) is 0.111. The van der Waals surface area contributed by atoms with Crippen molar-refractivity contribution in [1.82, 2.24) is 15.1 Å². The summed E-state index contributed by atoms with van der Waals surface area (Å²) in [6, 6.07) is 17.2. The van der Waals surface area contributed by atoms with Gasteiger partial charge in [-0.05, 0) is 30.7 Å². The monoisotopic (exact) mass is 306 g/mol. The number of carbonyl (C=O) groups is 1. The van der Waals surface area contributed by atoms with Crippen molar-refractivity contribution in [1.29, 1.82) is 0 Å². The highest BCUT2D eigenvalue weighted by atomic mass is 16.2. The molecule has 0 saturated carbocycles. The smallest absolute Gasteiger partial charge is 0.319 e. The van der Waals surface area contributed by atoms with Gasteiger partial charge in [-0.3, -0.25) is 0 Å². The van der Waals surface area contributed by atoms with Crippen molar-refractivity contribution in [3.63, 3.8) is 0 Å². The zero-order valence-corrected chi connectivity index (χ0v) is 12.9. The van der Waals surface area contributed by atoms with Crippen LogP contribution in [0.25, 0.3) is 5.69 Å². The highest BCUT2D eigenvalue weighted by Gasteiger charge is 2.07. The molecular formula is C18H18N4O. The Hall–Kier alpha value is -3.08. The van der Waals surface area contributed by atoms with Crippen LogP contribution >= 0.6 is 0 Å². The molecule has 0 fully saturated rings. The molecule has 3 rings (SSSR count). The quantitative estimate of drug-likeness (QED) is 0.775. The van der Waals surface area contributed by atoms with Crippen LogP contribution in [-0.4, -0.2) is 15.8 Å². The van der Waals surface area contributed by atoms with Gasteiger partial charge in [-0.1, -0.05) is 42.0 Å². The van der Waals surface area contributed by atoms with Crippen molar-refractivity contribution in [2.75, 3.05) is 5.32 Å². The Bertz CT molecular complexity index is 796. The van der Waals surface area contributed by atoms with Gasteiger partial charge >= 0.3 is 6.03 Å². The molecule has 23 heavy (non-hydrogen) atoms. The highest BCUT2D eigenvalue weighted by molar-refractivity contribution is 5.91. The summed E-state index contributed by atoms with van der Waals surface area (Å²) in [5, 5.41) is 9.94. The minimum atomic E-state index is -0.244. The number of nitrogens with zero attached hydrogens (tertiary/aromatic N) is 2. The van der Waals surface area contributed by atoms with E-state index in [0.29, 0.717) is 12.2 Å². The van der Waals surface area contributed by atoms with Crippen molar-refractivity contribution < 1.29 is 4.79 Å². The molecule has 2 N–H and O–H groups in total. The number of urea groups is 1. The lowest BCUT2D eigenvalue weighted by Crippen LogP contribution is -2.28. The summed E-state index contributed by atoms with van der Waals surface area (Å²) >= 11 is 0. The van der Waals surface area contributed by atoms with E-state index in [4.69, 9.17) is 0 Å². The van der Waals surface area contributed by atoms with Crippen LogP contribution in [0.3, 0.4) is 0 Å². The van der Waals surface area contributed by atoms with Crippen LogP contribution in [0.15, 0.2) is 67.0 Å². The number of nitrogens with one attached hydrogen (secondary N) is 2. The third kappa shape index (κ3) is 3.77. The van der Waals surface area contributed by atoms with Crippen molar-refractivity contribution in [3.05, 3.63) is 78.1 Å². The number of hydrogen-bond donors (Lipinski definition) is 2. The van der Waals surface area contributed by atoms with Crippen LogP contribution in [-0.2, 0) is 6.54 Å². The molecule has 0 aliphatic carbocycles. The predicted molar refractivity (Wildman–Crippen MR) is 90.6 cm³/mol. The first-order chi connectivity index (χ1) is 11.2. The van der Waals surface area contributed by atoms with Crippen LogP contribution < -0.4 is 10.6 Å². The summed E-state index contributed by atoms with van der Waals surface area (Å²) in [6.07, 6.45) is 3.54. The number of benzene rings is 2. The Balaban J connectivity index is 1.67. The normalized spacial score (nSPS) is 10.3. The molecule has 3 aromatic rings. The van der Waals surface area contributed by atoms with Gasteiger partial charge in [0.15, 0.2) is 0 Å². The Morgan fingerprint density at radius 1 is 1.13 bits per heavy atom. The van der Waals surface area contributed by atoms with E-state index in [-0.39, 0.29) is 6.03 Å². The summed E-state index contributed by atoms with van der Waals surface area (Å²) in [5.74, 6) is 0. The van der Waals surface area contributed by atoms with Crippen LogP contribution in [0.2, 0.25) is 0 Å². The maximum absolute atomic E-state index is 12.1. The topological polar surface area (TPSA) is 59.0 Å². The fourth-order valence-corrected chi connectivity index (χ4v) is 2.36. The first kappa shape index (κ1) is 14.8. The lowest BCUT2D eigenvalue weighted by molar-refractivity contribution is 0.251. The molecule has 2 aromatic carbocycles. The summed E-state index contributed by atoms with van der Waals surface area (Å²) in [7, 11) is 0. The van der Waals surface area contributed by atoms with Gasteiger partial charge in [-0.15, -0.1) is 0 Å². The molecule has 0 unspecified atom stereocenters. The molecule has 0 aliphatic heterocycles. The number of rotatable bonds is 4. The van der Waals surface area contributed by atoms with Crippen molar-refractivity contribution in [2.24, 2.45) is 0 Å². The van der Waals surface area contributed by atoms with Crippen LogP contribution in [0.5, 0.6) is 0 Å². The SMILES string of the molecule is Cc1cccc(CNC(=O)Nc2ccccc2-n2cccn2)c1. The average Bonchev–Trinajstić information content (AvgIpc) is 3.08. The van der Waals surface area contributed by atoms with Crippen LogP contribution in [0.1, 0.15) is 11.1 Å². The standard InChI is InChI=1S/C18H18N4O/c1-14-6-4-7-15(12-14)13-19-18(23)21-16-8-2-3-9-17(16)22-11-5-10-20-22/h2-12H,13H2,1H3,(H2,19,21,23). The average molecular weight is 306 g/mol. The van der Waals surface area contributed by atoms with E-state index in [9.17, 15) is 4.79 Å². The molecular weight excluding hydrogens is 288 g/mol. The summed E-state index contributed by atoms with van der Waals surface area (Å²) in [5.41, 5.74) is 3.77. The summed E-state index contributed by atoms with van der Waals surface area (Å²) in [6.45, 7) is 2.52. The number of hydrogen-bond acceptors (Lipinski definition) is 2. The molecule has 0 aliphatic rings. The molecule has 0 saturated heterocycles. The van der Waals surface area contributed by atoms with Gasteiger partial charge in [0.1, 0.15) is 0 Å². The van der Waals surface area contributed by atoms with Gasteiger partial charge in [-0.2, -0.15) is 5.10 Å². The predicted octanol–water partition coefficient (Wildman–Crippen LogP) is 3.50. The van der Waals surface area contributed by atoms with E-state index in [1.807, 2.05) is 61.7 Å². The Morgan fingerprint density at radius 3 is 2.78 bits per heavy atom. The minimum Gasteiger partial charge on any atom is -0.334 e. The minimum absolute atomic E-state index is 0.244. The molecule has 1 heterocycles. The molecule has 116 valence electrons. The summed E-state index contributed by atoms with van der Waals surface area (Å²) < 4.78 is 1.72. The third-order valence-corrected chi connectivity index (χ3v) is 3.44. The number of aromatic nitrogens is 2. The maximum atomic E-state index is 12.1.